The summed E-state index contributed by atoms with van der Waals surface area (Å²) in [6, 6.07) is 13.0. The van der Waals surface area contributed by atoms with Gasteiger partial charge in [-0.25, -0.2) is 4.98 Å². The van der Waals surface area contributed by atoms with E-state index < -0.39 is 0 Å². The topological polar surface area (TPSA) is 75.2 Å². The number of hydrogen-bond donors (Lipinski definition) is 1. The molecule has 1 fully saturated rings. The summed E-state index contributed by atoms with van der Waals surface area (Å²) in [5, 5.41) is 3.54. The zero-order valence-corrected chi connectivity index (χ0v) is 14.9. The Kier molecular flexibility index (Phi) is 4.78. The largest absolute Gasteiger partial charge is 0.343 e. The van der Waals surface area contributed by atoms with Gasteiger partial charge in [-0.15, -0.1) is 0 Å². The second kappa shape index (κ2) is 7.53. The Balaban J connectivity index is 1.63. The first-order chi connectivity index (χ1) is 13.2. The number of rotatable bonds is 4. The molecule has 3 aromatic rings. The first-order valence-corrected chi connectivity index (χ1v) is 9.08. The molecule has 0 aliphatic carbocycles. The van der Waals surface area contributed by atoms with Crippen molar-refractivity contribution in [3.63, 3.8) is 0 Å². The van der Waals surface area contributed by atoms with Crippen molar-refractivity contribution in [1.29, 1.82) is 0 Å². The fraction of sp³-hybridized carbons (Fsp3) is 0.238. The molecule has 136 valence electrons. The molecule has 1 aromatic carbocycles. The van der Waals surface area contributed by atoms with Crippen molar-refractivity contribution in [1.82, 2.24) is 20.2 Å². The fourth-order valence-electron chi connectivity index (χ4n) is 3.36. The minimum Gasteiger partial charge on any atom is -0.343 e. The third-order valence-corrected chi connectivity index (χ3v) is 4.80. The van der Waals surface area contributed by atoms with E-state index in [-0.39, 0.29) is 18.4 Å². The lowest BCUT2D eigenvalue weighted by Gasteiger charge is -2.16. The first kappa shape index (κ1) is 17.1. The highest BCUT2D eigenvalue weighted by molar-refractivity contribution is 6.08. The average Bonchev–Trinajstić information content (AvgIpc) is 3.26. The summed E-state index contributed by atoms with van der Waals surface area (Å²) in [7, 11) is 0. The summed E-state index contributed by atoms with van der Waals surface area (Å²) in [6.45, 7) is 1.57. The van der Waals surface area contributed by atoms with Crippen LogP contribution in [0.4, 0.5) is 0 Å². The quantitative estimate of drug-likeness (QED) is 0.776. The van der Waals surface area contributed by atoms with Crippen LogP contribution in [-0.4, -0.2) is 46.3 Å². The van der Waals surface area contributed by atoms with Gasteiger partial charge in [-0.3, -0.25) is 14.6 Å². The van der Waals surface area contributed by atoms with Gasteiger partial charge < -0.3 is 10.2 Å². The van der Waals surface area contributed by atoms with Crippen LogP contribution < -0.4 is 5.32 Å². The van der Waals surface area contributed by atoms with Gasteiger partial charge in [0.1, 0.15) is 0 Å². The summed E-state index contributed by atoms with van der Waals surface area (Å²) in [5.41, 5.74) is 2.84. The van der Waals surface area contributed by atoms with Crippen LogP contribution in [0.2, 0.25) is 0 Å². The molecule has 6 heteroatoms. The molecular formula is C21H20N4O2. The zero-order chi connectivity index (χ0) is 18.6. The third-order valence-electron chi connectivity index (χ3n) is 4.80. The number of nitrogens with zero attached hydrogens (tertiary/aromatic N) is 3. The second-order valence-electron chi connectivity index (χ2n) is 6.58. The Morgan fingerprint density at radius 3 is 2.56 bits per heavy atom. The van der Waals surface area contributed by atoms with E-state index in [0.29, 0.717) is 11.3 Å². The highest BCUT2D eigenvalue weighted by Gasteiger charge is 2.19. The Morgan fingerprint density at radius 1 is 1.04 bits per heavy atom. The van der Waals surface area contributed by atoms with E-state index in [1.54, 1.807) is 23.4 Å². The molecule has 0 bridgehead atoms. The van der Waals surface area contributed by atoms with Gasteiger partial charge in [0.2, 0.25) is 5.91 Å². The van der Waals surface area contributed by atoms with Crippen molar-refractivity contribution in [2.75, 3.05) is 19.6 Å². The van der Waals surface area contributed by atoms with Gasteiger partial charge in [-0.05, 0) is 37.1 Å². The Hall–Kier alpha value is -3.28. The van der Waals surface area contributed by atoms with Crippen molar-refractivity contribution in [3.8, 4) is 11.3 Å². The summed E-state index contributed by atoms with van der Waals surface area (Å²) in [6.07, 6.45) is 5.45. The van der Waals surface area contributed by atoms with Crippen LogP contribution in [0.15, 0.2) is 54.9 Å². The maximum absolute atomic E-state index is 12.8. The summed E-state index contributed by atoms with van der Waals surface area (Å²) in [5.74, 6) is -0.301. The van der Waals surface area contributed by atoms with Crippen LogP contribution in [0.25, 0.3) is 22.2 Å². The predicted octanol–water partition coefficient (Wildman–Crippen LogP) is 2.65. The van der Waals surface area contributed by atoms with E-state index in [1.807, 2.05) is 36.4 Å². The first-order valence-electron chi connectivity index (χ1n) is 9.08. The molecule has 0 atom stereocenters. The highest BCUT2D eigenvalue weighted by atomic mass is 16.2. The van der Waals surface area contributed by atoms with E-state index in [0.717, 1.165) is 42.4 Å². The number of carbonyl (C=O) groups excluding carboxylic acids is 2. The number of pyridine rings is 2. The van der Waals surface area contributed by atoms with Crippen molar-refractivity contribution in [3.05, 3.63) is 60.4 Å². The minimum absolute atomic E-state index is 0.0140. The van der Waals surface area contributed by atoms with Crippen LogP contribution >= 0.6 is 0 Å². The molecule has 1 aliphatic rings. The van der Waals surface area contributed by atoms with E-state index >= 15 is 0 Å². The van der Waals surface area contributed by atoms with Gasteiger partial charge in [-0.2, -0.15) is 0 Å². The van der Waals surface area contributed by atoms with Crippen LogP contribution in [0.3, 0.4) is 0 Å². The van der Waals surface area contributed by atoms with Crippen LogP contribution in [0, 0.1) is 0 Å². The lowest BCUT2D eigenvalue weighted by Crippen LogP contribution is -2.38. The van der Waals surface area contributed by atoms with Gasteiger partial charge >= 0.3 is 0 Å². The average molecular weight is 360 g/mol. The molecule has 2 amide bonds. The van der Waals surface area contributed by atoms with Gasteiger partial charge in [0, 0.05) is 36.4 Å². The van der Waals surface area contributed by atoms with Crippen molar-refractivity contribution >= 4 is 22.7 Å². The second-order valence-corrected chi connectivity index (χ2v) is 6.58. The zero-order valence-electron chi connectivity index (χ0n) is 14.9. The predicted molar refractivity (Wildman–Crippen MR) is 103 cm³/mol. The van der Waals surface area contributed by atoms with Crippen molar-refractivity contribution in [2.45, 2.75) is 12.8 Å². The summed E-state index contributed by atoms with van der Waals surface area (Å²) < 4.78 is 0. The lowest BCUT2D eigenvalue weighted by molar-refractivity contribution is -0.129. The number of benzene rings is 1. The van der Waals surface area contributed by atoms with Gasteiger partial charge in [0.25, 0.3) is 5.91 Å². The number of nitrogens with one attached hydrogen (secondary N) is 1. The fourth-order valence-corrected chi connectivity index (χ4v) is 3.36. The summed E-state index contributed by atoms with van der Waals surface area (Å²) in [4.78, 5) is 35.6. The van der Waals surface area contributed by atoms with Crippen LogP contribution in [0.1, 0.15) is 23.2 Å². The highest BCUT2D eigenvalue weighted by Crippen LogP contribution is 2.24. The maximum Gasteiger partial charge on any atom is 0.252 e. The maximum atomic E-state index is 12.8. The number of aromatic nitrogens is 2. The van der Waals surface area contributed by atoms with E-state index in [9.17, 15) is 9.59 Å². The molecule has 0 saturated carbocycles. The number of fused-ring (bicyclic) bond motifs is 1. The third kappa shape index (κ3) is 3.65. The van der Waals surface area contributed by atoms with E-state index in [2.05, 4.69) is 15.3 Å². The minimum atomic E-state index is -0.267. The van der Waals surface area contributed by atoms with Gasteiger partial charge in [0.15, 0.2) is 0 Å². The number of hydrogen-bond acceptors (Lipinski definition) is 4. The van der Waals surface area contributed by atoms with Crippen molar-refractivity contribution in [2.24, 2.45) is 0 Å². The van der Waals surface area contributed by atoms with Gasteiger partial charge in [0.05, 0.1) is 23.3 Å². The van der Waals surface area contributed by atoms with Crippen LogP contribution in [0.5, 0.6) is 0 Å². The number of carbonyl (C=O) groups is 2. The molecule has 6 nitrogen and oxygen atoms in total. The van der Waals surface area contributed by atoms with Gasteiger partial charge in [-0.1, -0.05) is 18.2 Å². The Labute approximate surface area is 157 Å². The molecule has 0 spiro atoms. The monoisotopic (exact) mass is 360 g/mol. The van der Waals surface area contributed by atoms with Crippen LogP contribution in [-0.2, 0) is 4.79 Å². The molecule has 2 aromatic heterocycles. The standard InChI is InChI=1S/C21H20N4O2/c26-20(25-11-3-4-12-25)14-23-21(27)17-13-19(15-7-9-22-10-8-15)24-18-6-2-1-5-16(17)18/h1-2,5-10,13H,3-4,11-12,14H2,(H,23,27). The molecule has 1 saturated heterocycles. The number of amides is 2. The number of para-hydroxylation sites is 1. The smallest absolute Gasteiger partial charge is 0.252 e. The molecule has 1 N–H and O–H groups in total. The number of likely N-dealkylation sites (tertiary alicyclic amines) is 1. The SMILES string of the molecule is O=C(NCC(=O)N1CCCC1)c1cc(-c2ccncc2)nc2ccccc12. The lowest BCUT2D eigenvalue weighted by atomic mass is 10.0. The Bertz CT molecular complexity index is 982. The molecule has 0 unspecified atom stereocenters. The summed E-state index contributed by atoms with van der Waals surface area (Å²) >= 11 is 0. The molecule has 27 heavy (non-hydrogen) atoms. The van der Waals surface area contributed by atoms with E-state index in [4.69, 9.17) is 0 Å². The molecular weight excluding hydrogens is 340 g/mol. The Morgan fingerprint density at radius 2 is 1.78 bits per heavy atom. The molecule has 4 rings (SSSR count). The molecule has 0 radical (unpaired) electrons. The normalized spacial score (nSPS) is 13.7. The van der Waals surface area contributed by atoms with Crippen molar-refractivity contribution < 1.29 is 9.59 Å². The molecule has 1 aliphatic heterocycles. The molecule has 3 heterocycles. The van der Waals surface area contributed by atoms with E-state index in [1.165, 1.54) is 0 Å².